The number of hydrogen-bond acceptors (Lipinski definition) is 7. The third-order valence-electron chi connectivity index (χ3n) is 4.52. The lowest BCUT2D eigenvalue weighted by Gasteiger charge is -2.45. The number of hydrogen-bond donors (Lipinski definition) is 2. The van der Waals surface area contributed by atoms with Gasteiger partial charge in [0, 0.05) is 6.42 Å². The van der Waals surface area contributed by atoms with Gasteiger partial charge in [0.1, 0.15) is 10.9 Å². The number of carbonyl (C=O) groups is 2. The van der Waals surface area contributed by atoms with Crippen LogP contribution in [0.1, 0.15) is 18.9 Å². The van der Waals surface area contributed by atoms with Gasteiger partial charge in [0.25, 0.3) is 0 Å². The van der Waals surface area contributed by atoms with E-state index in [4.69, 9.17) is 21.4 Å². The predicted molar refractivity (Wildman–Crippen MR) is 86.4 cm³/mol. The maximum Gasteiger partial charge on any atom is 0.237 e. The van der Waals surface area contributed by atoms with E-state index in [0.717, 1.165) is 0 Å². The van der Waals surface area contributed by atoms with Crippen molar-refractivity contribution in [3.63, 3.8) is 0 Å². The number of aliphatic carboxylic acids is 1. The van der Waals surface area contributed by atoms with Crippen molar-refractivity contribution in [2.45, 2.75) is 19.1 Å². The first kappa shape index (κ1) is 23.0. The molecule has 2 rings (SSSR count). The second-order valence-corrected chi connectivity index (χ2v) is 6.12. The van der Waals surface area contributed by atoms with E-state index in [0.29, 0.717) is 0 Å². The number of rotatable bonds is 6. The van der Waals surface area contributed by atoms with Crippen LogP contribution in [0.3, 0.4) is 0 Å². The van der Waals surface area contributed by atoms with Crippen LogP contribution in [0, 0.1) is 46.6 Å². The molecule has 1 aromatic carbocycles. The van der Waals surface area contributed by atoms with Gasteiger partial charge in [-0.05, 0) is 0 Å². The normalized spacial score (nSPS) is 23.2. The molecule has 9 nitrogen and oxygen atoms in total. The van der Waals surface area contributed by atoms with Gasteiger partial charge in [0.15, 0.2) is 28.4 Å². The fourth-order valence-electron chi connectivity index (χ4n) is 2.82. The highest BCUT2D eigenvalue weighted by atomic mass is 19.2. The lowest BCUT2D eigenvalue weighted by molar-refractivity contribution is -0.350. The lowest BCUT2D eigenvalue weighted by atomic mass is 9.86. The Labute approximate surface area is 166 Å². The standard InChI is InChI=1S/C17H14F4N4O5/c1-3-5-23-14(26)16(15(27)28)6-29-17(4-2,30-7-16)8-9(18)11(20)13(24-25-22)12(21)10(8)19/h1,22H,4-7H2,2H3,(H-,23,26,27,28). The van der Waals surface area contributed by atoms with Gasteiger partial charge in [0.2, 0.25) is 22.3 Å². The number of nitrogens with one attached hydrogen (secondary N) is 2. The van der Waals surface area contributed by atoms with Crippen molar-refractivity contribution < 1.29 is 41.7 Å². The summed E-state index contributed by atoms with van der Waals surface area (Å²) in [5, 5.41) is 16.4. The molecule has 30 heavy (non-hydrogen) atoms. The number of nitrogens with zero attached hydrogens (tertiary/aromatic N) is 2. The number of halogens is 4. The average Bonchev–Trinajstić information content (AvgIpc) is 2.74. The zero-order valence-electron chi connectivity index (χ0n) is 15.4. The molecular formula is C17H14F4N4O5. The van der Waals surface area contributed by atoms with Crippen molar-refractivity contribution in [1.82, 2.24) is 10.2 Å². The van der Waals surface area contributed by atoms with E-state index in [2.05, 4.69) is 21.3 Å². The molecule has 0 bridgehead atoms. The summed E-state index contributed by atoms with van der Waals surface area (Å²) in [4.78, 5) is 26.1. The largest absolute Gasteiger partial charge is 0.549 e. The Morgan fingerprint density at radius 2 is 1.77 bits per heavy atom. The van der Waals surface area contributed by atoms with E-state index in [1.54, 1.807) is 0 Å². The second-order valence-electron chi connectivity index (χ2n) is 6.12. The molecule has 0 radical (unpaired) electrons. The van der Waals surface area contributed by atoms with Crippen LogP contribution in [-0.2, 0) is 24.8 Å². The Hall–Kier alpha value is -3.33. The van der Waals surface area contributed by atoms with Gasteiger partial charge in [0.05, 0.1) is 31.3 Å². The molecule has 13 heteroatoms. The quantitative estimate of drug-likeness (QED) is 0.169. The molecule has 0 aromatic heterocycles. The number of carbonyl (C=O) groups excluding carboxylic acids is 2. The molecule has 0 spiro atoms. The average molecular weight is 430 g/mol. The Balaban J connectivity index is 2.54. The molecule has 1 aliphatic heterocycles. The van der Waals surface area contributed by atoms with Crippen LogP contribution in [-0.4, -0.2) is 31.6 Å². The van der Waals surface area contributed by atoms with Crippen LogP contribution < -0.4 is 15.3 Å². The van der Waals surface area contributed by atoms with Gasteiger partial charge >= 0.3 is 0 Å². The third-order valence-corrected chi connectivity index (χ3v) is 4.52. The minimum absolute atomic E-state index is 0.335. The number of benzene rings is 1. The zero-order valence-corrected chi connectivity index (χ0v) is 15.4. The highest BCUT2D eigenvalue weighted by Crippen LogP contribution is 2.44. The van der Waals surface area contributed by atoms with Crippen LogP contribution in [0.2, 0.25) is 0 Å². The topological polar surface area (TPSA) is 138 Å². The Kier molecular flexibility index (Phi) is 6.57. The first-order valence-electron chi connectivity index (χ1n) is 8.26. The van der Waals surface area contributed by atoms with Gasteiger partial charge < -0.3 is 24.7 Å². The highest BCUT2D eigenvalue weighted by molar-refractivity contribution is 6.01. The minimum atomic E-state index is -2.47. The van der Waals surface area contributed by atoms with E-state index in [9.17, 15) is 32.3 Å². The van der Waals surface area contributed by atoms with Crippen molar-refractivity contribution in [2.75, 3.05) is 19.8 Å². The van der Waals surface area contributed by atoms with Gasteiger partial charge in [-0.25, -0.2) is 17.6 Å². The van der Waals surface area contributed by atoms with Gasteiger partial charge in [-0.2, -0.15) is 0 Å². The molecule has 1 amide bonds. The smallest absolute Gasteiger partial charge is 0.237 e. The zero-order chi connectivity index (χ0) is 22.7. The summed E-state index contributed by atoms with van der Waals surface area (Å²) < 4.78 is 67.9. The van der Waals surface area contributed by atoms with Gasteiger partial charge in [-0.1, -0.05) is 12.8 Å². The van der Waals surface area contributed by atoms with Gasteiger partial charge in [-0.3, -0.25) is 4.79 Å². The maximum absolute atomic E-state index is 14.6. The number of carboxylic acids is 1. The molecule has 1 heterocycles. The molecule has 1 aliphatic rings. The van der Waals surface area contributed by atoms with Crippen LogP contribution in [0.5, 0.6) is 0 Å². The number of ether oxygens (including phenoxy) is 2. The Bertz CT molecular complexity index is 950. The number of terminal acetylenes is 1. The molecule has 2 N–H and O–H groups in total. The molecule has 160 valence electrons. The van der Waals surface area contributed by atoms with Gasteiger partial charge in [-0.15, -0.1) is 6.42 Å². The molecular weight excluding hydrogens is 416 g/mol. The first-order valence-corrected chi connectivity index (χ1v) is 8.26. The van der Waals surface area contributed by atoms with Crippen molar-refractivity contribution in [2.24, 2.45) is 10.5 Å². The third kappa shape index (κ3) is 3.52. The fraction of sp³-hybridized carbons (Fsp3) is 0.412. The van der Waals surface area contributed by atoms with Crippen molar-refractivity contribution in [3.05, 3.63) is 28.8 Å². The highest BCUT2D eigenvalue weighted by Gasteiger charge is 2.53. The van der Waals surface area contributed by atoms with E-state index in [1.807, 2.05) is 0 Å². The van der Waals surface area contributed by atoms with E-state index >= 15 is 0 Å². The SMILES string of the molecule is C#CCNC(=O)C1(C(=O)[O-])COC(CC)(c2c(F)c(F)c(N=[N+]=N)c(F)c2F)OC1. The summed E-state index contributed by atoms with van der Waals surface area (Å²) in [6, 6.07) is 0. The molecule has 0 saturated carbocycles. The monoisotopic (exact) mass is 430 g/mol. The minimum Gasteiger partial charge on any atom is -0.549 e. The number of amides is 1. The Morgan fingerprint density at radius 3 is 2.17 bits per heavy atom. The molecule has 0 atom stereocenters. The van der Waals surface area contributed by atoms with Crippen LogP contribution in [0.15, 0.2) is 5.11 Å². The fourth-order valence-corrected chi connectivity index (χ4v) is 2.82. The Morgan fingerprint density at radius 1 is 1.23 bits per heavy atom. The van der Waals surface area contributed by atoms with Crippen molar-refractivity contribution >= 4 is 17.6 Å². The molecule has 0 aliphatic carbocycles. The van der Waals surface area contributed by atoms with Crippen LogP contribution in [0.4, 0.5) is 23.2 Å². The van der Waals surface area contributed by atoms with Crippen LogP contribution >= 0.6 is 0 Å². The van der Waals surface area contributed by atoms with E-state index in [1.165, 1.54) is 6.92 Å². The van der Waals surface area contributed by atoms with Crippen LogP contribution in [0.25, 0.3) is 0 Å². The second kappa shape index (κ2) is 8.58. The summed E-state index contributed by atoms with van der Waals surface area (Å²) in [6.07, 6.45) is 4.55. The summed E-state index contributed by atoms with van der Waals surface area (Å²) in [5.41, 5.74) is 1.24. The lowest BCUT2D eigenvalue weighted by Crippen LogP contribution is -2.62. The first-order chi connectivity index (χ1) is 14.1. The number of carboxylic acid groups (broad SMARTS) is 1. The summed E-state index contributed by atoms with van der Waals surface area (Å²) in [6.45, 7) is -1.07. The van der Waals surface area contributed by atoms with E-state index in [-0.39, 0.29) is 6.54 Å². The maximum atomic E-state index is 14.6. The van der Waals surface area contributed by atoms with Crippen molar-refractivity contribution in [3.8, 4) is 12.3 Å². The van der Waals surface area contributed by atoms with E-state index < -0.39 is 77.2 Å². The molecule has 1 fully saturated rings. The summed E-state index contributed by atoms with van der Waals surface area (Å²) >= 11 is 0. The summed E-state index contributed by atoms with van der Waals surface area (Å²) in [5.74, 6) is -11.3. The van der Waals surface area contributed by atoms with Crippen molar-refractivity contribution in [1.29, 1.82) is 5.53 Å². The summed E-state index contributed by atoms with van der Waals surface area (Å²) in [7, 11) is 0. The molecule has 0 unspecified atom stereocenters. The molecule has 1 saturated heterocycles. The predicted octanol–water partition coefficient (Wildman–Crippen LogP) is 0.520. The molecule has 1 aromatic rings.